The van der Waals surface area contributed by atoms with Crippen molar-refractivity contribution in [1.29, 1.82) is 0 Å². The van der Waals surface area contributed by atoms with Crippen molar-refractivity contribution in [3.63, 3.8) is 0 Å². The number of carbonyl (C=O) groups is 2. The van der Waals surface area contributed by atoms with E-state index in [0.717, 1.165) is 80.9 Å². The number of carbonyl (C=O) groups excluding carboxylic acids is 2. The number of nitrogens with one attached hydrogen (secondary N) is 2. The van der Waals surface area contributed by atoms with E-state index in [1.807, 2.05) is 34.9 Å². The van der Waals surface area contributed by atoms with Crippen molar-refractivity contribution >= 4 is 17.5 Å². The van der Waals surface area contributed by atoms with Crippen LogP contribution < -0.4 is 20.3 Å². The quantitative estimate of drug-likeness (QED) is 0.576. The number of aryl methyl sites for hydroxylation is 1. The predicted octanol–water partition coefficient (Wildman–Crippen LogP) is 2.80. The Bertz CT molecular complexity index is 1210. The maximum absolute atomic E-state index is 13.6. The van der Waals surface area contributed by atoms with Crippen LogP contribution in [-0.4, -0.2) is 98.1 Å². The zero-order valence-electron chi connectivity index (χ0n) is 23.7. The van der Waals surface area contributed by atoms with Gasteiger partial charge in [0.15, 0.2) is 0 Å². The average molecular weight is 547 g/mol. The van der Waals surface area contributed by atoms with Crippen LogP contribution in [0.4, 0.5) is 5.69 Å². The molecule has 214 valence electrons. The third-order valence-corrected chi connectivity index (χ3v) is 8.86. The highest BCUT2D eigenvalue weighted by Crippen LogP contribution is 2.39. The van der Waals surface area contributed by atoms with Crippen LogP contribution in [0.25, 0.3) is 0 Å². The Morgan fingerprint density at radius 1 is 0.825 bits per heavy atom. The first kappa shape index (κ1) is 27.0. The molecular weight excluding hydrogens is 504 g/mol. The molecule has 0 spiro atoms. The van der Waals surface area contributed by atoms with Gasteiger partial charge in [0, 0.05) is 81.9 Å². The molecule has 4 aliphatic rings. The number of ether oxygens (including phenoxy) is 1. The lowest BCUT2D eigenvalue weighted by Gasteiger charge is -2.35. The van der Waals surface area contributed by atoms with Crippen LogP contribution in [0.2, 0.25) is 0 Å². The van der Waals surface area contributed by atoms with Gasteiger partial charge >= 0.3 is 0 Å². The number of pyridine rings is 1. The summed E-state index contributed by atoms with van der Waals surface area (Å²) < 4.78 is 6.29. The van der Waals surface area contributed by atoms with Gasteiger partial charge < -0.3 is 30.1 Å². The van der Waals surface area contributed by atoms with Crippen LogP contribution in [0.1, 0.15) is 69.9 Å². The fraction of sp³-hybridized carbons (Fsp3) is 0.581. The summed E-state index contributed by atoms with van der Waals surface area (Å²) in [5.74, 6) is 1.13. The topological polar surface area (TPSA) is 90.0 Å². The number of hydrogen-bond acceptors (Lipinski definition) is 7. The lowest BCUT2D eigenvalue weighted by molar-refractivity contribution is 0.0535. The zero-order valence-corrected chi connectivity index (χ0v) is 23.7. The highest BCUT2D eigenvalue weighted by atomic mass is 16.5. The van der Waals surface area contributed by atoms with E-state index in [4.69, 9.17) is 4.74 Å². The summed E-state index contributed by atoms with van der Waals surface area (Å²) in [5, 5.41) is 6.74. The minimum absolute atomic E-state index is 0.00974. The Kier molecular flexibility index (Phi) is 8.20. The van der Waals surface area contributed by atoms with Gasteiger partial charge in [-0.15, -0.1) is 0 Å². The van der Waals surface area contributed by atoms with Gasteiger partial charge in [0.1, 0.15) is 6.10 Å². The molecule has 3 aliphatic heterocycles. The average Bonchev–Trinajstić information content (AvgIpc) is 3.72. The van der Waals surface area contributed by atoms with Gasteiger partial charge in [-0.05, 0) is 68.5 Å². The first-order valence-electron chi connectivity index (χ1n) is 15.1. The van der Waals surface area contributed by atoms with Gasteiger partial charge in [0.2, 0.25) is 5.88 Å². The van der Waals surface area contributed by atoms with Crippen molar-refractivity contribution < 1.29 is 14.3 Å². The Morgan fingerprint density at radius 2 is 1.52 bits per heavy atom. The third kappa shape index (κ3) is 5.95. The molecular formula is C31H42N6O3. The number of hydrogen-bond donors (Lipinski definition) is 2. The molecule has 0 bridgehead atoms. The Morgan fingerprint density at radius 3 is 2.20 bits per heavy atom. The van der Waals surface area contributed by atoms with E-state index in [1.165, 1.54) is 12.8 Å². The summed E-state index contributed by atoms with van der Waals surface area (Å²) in [7, 11) is 0. The van der Waals surface area contributed by atoms with Crippen molar-refractivity contribution in [3.05, 3.63) is 52.7 Å². The van der Waals surface area contributed by atoms with E-state index in [9.17, 15) is 9.59 Å². The number of piperazine rings is 2. The smallest absolute Gasteiger partial charge is 0.255 e. The number of amides is 2. The highest BCUT2D eigenvalue weighted by molar-refractivity contribution is 5.96. The van der Waals surface area contributed by atoms with Gasteiger partial charge in [-0.1, -0.05) is 12.8 Å². The van der Waals surface area contributed by atoms with E-state index >= 15 is 0 Å². The maximum Gasteiger partial charge on any atom is 0.255 e. The molecule has 1 aliphatic carbocycles. The first-order chi connectivity index (χ1) is 19.5. The van der Waals surface area contributed by atoms with E-state index in [1.54, 1.807) is 6.20 Å². The van der Waals surface area contributed by atoms with Crippen molar-refractivity contribution in [2.45, 2.75) is 51.0 Å². The van der Waals surface area contributed by atoms with Crippen molar-refractivity contribution in [3.8, 4) is 5.88 Å². The molecule has 2 aromatic rings. The van der Waals surface area contributed by atoms with Crippen molar-refractivity contribution in [2.75, 3.05) is 70.3 Å². The molecule has 4 heterocycles. The maximum atomic E-state index is 13.6. The highest BCUT2D eigenvalue weighted by Gasteiger charge is 2.29. The van der Waals surface area contributed by atoms with Crippen LogP contribution in [0.3, 0.4) is 0 Å². The Hall–Kier alpha value is -3.17. The van der Waals surface area contributed by atoms with Gasteiger partial charge in [-0.2, -0.15) is 0 Å². The molecule has 40 heavy (non-hydrogen) atoms. The molecule has 0 radical (unpaired) electrons. The van der Waals surface area contributed by atoms with Gasteiger partial charge in [-0.25, -0.2) is 4.98 Å². The molecule has 0 unspecified atom stereocenters. The second-order valence-electron chi connectivity index (χ2n) is 11.7. The number of rotatable bonds is 6. The fourth-order valence-electron chi connectivity index (χ4n) is 6.57. The molecule has 4 fully saturated rings. The Labute approximate surface area is 237 Å². The fourth-order valence-corrected chi connectivity index (χ4v) is 6.57. The number of anilines is 1. The number of aromatic nitrogens is 1. The van der Waals surface area contributed by atoms with Crippen LogP contribution in [-0.2, 0) is 0 Å². The minimum atomic E-state index is -0.00974. The first-order valence-corrected chi connectivity index (χ1v) is 15.1. The van der Waals surface area contributed by atoms with Crippen LogP contribution >= 0.6 is 0 Å². The second kappa shape index (κ2) is 12.1. The summed E-state index contributed by atoms with van der Waals surface area (Å²) >= 11 is 0. The molecule has 3 saturated heterocycles. The second-order valence-corrected chi connectivity index (χ2v) is 11.7. The molecule has 2 N–H and O–H groups in total. The van der Waals surface area contributed by atoms with Crippen LogP contribution in [0, 0.1) is 6.92 Å². The van der Waals surface area contributed by atoms with E-state index in [2.05, 4.69) is 26.6 Å². The third-order valence-electron chi connectivity index (χ3n) is 8.86. The van der Waals surface area contributed by atoms with Crippen LogP contribution in [0.15, 0.2) is 30.5 Å². The summed E-state index contributed by atoms with van der Waals surface area (Å²) in [6, 6.07) is 8.20. The zero-order chi connectivity index (χ0) is 27.5. The van der Waals surface area contributed by atoms with Gasteiger partial charge in [-0.3, -0.25) is 9.59 Å². The van der Waals surface area contributed by atoms with E-state index in [0.29, 0.717) is 43.5 Å². The minimum Gasteiger partial charge on any atom is -0.473 e. The predicted molar refractivity (Wildman–Crippen MR) is 155 cm³/mol. The number of nitrogens with zero attached hydrogens (tertiary/aromatic N) is 4. The molecule has 9 heteroatoms. The van der Waals surface area contributed by atoms with Crippen molar-refractivity contribution in [1.82, 2.24) is 25.4 Å². The lowest BCUT2D eigenvalue weighted by Crippen LogP contribution is -2.50. The normalized spacial score (nSPS) is 22.1. The van der Waals surface area contributed by atoms with Crippen LogP contribution in [0.5, 0.6) is 5.88 Å². The SMILES string of the molecule is Cc1cc(C(=O)N2CCN(C(=O)c3cnc(O[C@H]4CCNC4)c(C4CCCC4)c3)CC2)cc(N2CCNCC2)c1. The van der Waals surface area contributed by atoms with Gasteiger partial charge in [0.25, 0.3) is 11.8 Å². The summed E-state index contributed by atoms with van der Waals surface area (Å²) in [6.07, 6.45) is 7.46. The molecule has 1 atom stereocenters. The molecule has 1 aromatic heterocycles. The molecule has 6 rings (SSSR count). The van der Waals surface area contributed by atoms with E-state index < -0.39 is 0 Å². The molecule has 9 nitrogen and oxygen atoms in total. The summed E-state index contributed by atoms with van der Waals surface area (Å²) in [4.78, 5) is 37.8. The number of benzene rings is 1. The van der Waals surface area contributed by atoms with Gasteiger partial charge in [0.05, 0.1) is 5.56 Å². The largest absolute Gasteiger partial charge is 0.473 e. The molecule has 1 saturated carbocycles. The molecule has 1 aromatic carbocycles. The van der Waals surface area contributed by atoms with E-state index in [-0.39, 0.29) is 17.9 Å². The monoisotopic (exact) mass is 546 g/mol. The Balaban J connectivity index is 1.11. The van der Waals surface area contributed by atoms with Crippen molar-refractivity contribution in [2.24, 2.45) is 0 Å². The summed E-state index contributed by atoms with van der Waals surface area (Å²) in [5.41, 5.74) is 4.64. The lowest BCUT2D eigenvalue weighted by atomic mass is 9.97. The standard InChI is InChI=1S/C31H42N6O3/c1-22-16-24(18-26(17-22)35-10-8-32-9-11-35)30(38)36-12-14-37(15-13-36)31(39)25-19-28(23-4-2-3-5-23)29(34-20-25)40-27-6-7-33-21-27/h16-20,23,27,32-33H,2-15,21H2,1H3/t27-/m0/s1. The summed E-state index contributed by atoms with van der Waals surface area (Å²) in [6.45, 7) is 9.76. The molecule has 2 amide bonds.